The Morgan fingerprint density at radius 2 is 2.00 bits per heavy atom. The lowest BCUT2D eigenvalue weighted by Gasteiger charge is -2.08. The second-order valence-electron chi connectivity index (χ2n) is 6.76. The summed E-state index contributed by atoms with van der Waals surface area (Å²) < 4.78 is 12.3. The summed E-state index contributed by atoms with van der Waals surface area (Å²) in [4.78, 5) is 29.2. The fraction of sp³-hybridized carbons (Fsp3) is 0.182. The first-order chi connectivity index (χ1) is 15.0. The Hall–Kier alpha value is -3.72. The monoisotopic (exact) mass is 436 g/mol. The minimum absolute atomic E-state index is 0.117. The number of amides is 1. The zero-order valence-corrected chi connectivity index (χ0v) is 17.8. The molecule has 9 heteroatoms. The van der Waals surface area contributed by atoms with E-state index in [1.165, 1.54) is 28.2 Å². The molecule has 0 radical (unpaired) electrons. The third-order valence-corrected chi connectivity index (χ3v) is 5.21. The van der Waals surface area contributed by atoms with E-state index in [1.54, 1.807) is 0 Å². The second-order valence-corrected chi connectivity index (χ2v) is 7.62. The van der Waals surface area contributed by atoms with E-state index >= 15 is 0 Å². The van der Waals surface area contributed by atoms with Gasteiger partial charge in [-0.1, -0.05) is 18.2 Å². The Balaban J connectivity index is 1.42. The van der Waals surface area contributed by atoms with Crippen LogP contribution in [0.25, 0.3) is 11.3 Å². The number of nitrogens with zero attached hydrogens (tertiary/aromatic N) is 3. The molecule has 0 bridgehead atoms. The number of hydrogen-bond donors (Lipinski definition) is 1. The zero-order valence-electron chi connectivity index (χ0n) is 17.0. The lowest BCUT2D eigenvalue weighted by Crippen LogP contribution is -2.28. The van der Waals surface area contributed by atoms with Crippen LogP contribution in [0.15, 0.2) is 63.1 Å². The van der Waals surface area contributed by atoms with Crippen LogP contribution in [0, 0.1) is 13.8 Å². The number of thiazole rings is 1. The first-order valence-corrected chi connectivity index (χ1v) is 10.5. The zero-order chi connectivity index (χ0) is 21.8. The molecule has 0 unspecified atom stereocenters. The summed E-state index contributed by atoms with van der Waals surface area (Å²) >= 11 is 1.30. The van der Waals surface area contributed by atoms with Gasteiger partial charge in [0, 0.05) is 17.0 Å². The van der Waals surface area contributed by atoms with E-state index in [0.717, 1.165) is 22.8 Å². The SMILES string of the molecule is Cc1cc(-c2csc(NC(=O)c3ccc(=O)n(CCOc4ccccc4)n3)n2)c(C)o1. The summed E-state index contributed by atoms with van der Waals surface area (Å²) in [5, 5.41) is 9.17. The molecule has 0 saturated carbocycles. The fourth-order valence-electron chi connectivity index (χ4n) is 3.00. The van der Waals surface area contributed by atoms with Crippen molar-refractivity contribution in [3.63, 3.8) is 0 Å². The van der Waals surface area contributed by atoms with Gasteiger partial charge >= 0.3 is 0 Å². The molecule has 0 atom stereocenters. The van der Waals surface area contributed by atoms with Gasteiger partial charge in [0.25, 0.3) is 11.5 Å². The van der Waals surface area contributed by atoms with Crippen molar-refractivity contribution in [2.45, 2.75) is 20.4 Å². The highest BCUT2D eigenvalue weighted by molar-refractivity contribution is 7.14. The number of ether oxygens (including phenoxy) is 1. The van der Waals surface area contributed by atoms with Crippen LogP contribution in [0.1, 0.15) is 22.0 Å². The molecule has 0 spiro atoms. The molecule has 31 heavy (non-hydrogen) atoms. The Morgan fingerprint density at radius 1 is 1.19 bits per heavy atom. The van der Waals surface area contributed by atoms with Crippen molar-refractivity contribution in [1.82, 2.24) is 14.8 Å². The Labute approximate surface area is 182 Å². The van der Waals surface area contributed by atoms with Gasteiger partial charge in [0.05, 0.1) is 12.2 Å². The Kier molecular flexibility index (Phi) is 5.94. The molecule has 158 valence electrons. The molecule has 1 amide bonds. The third-order valence-electron chi connectivity index (χ3n) is 4.46. The minimum atomic E-state index is -0.446. The molecule has 3 aromatic heterocycles. The Bertz CT molecular complexity index is 1260. The maximum atomic E-state index is 12.6. The van der Waals surface area contributed by atoms with Crippen LogP contribution >= 0.6 is 11.3 Å². The van der Waals surface area contributed by atoms with Crippen molar-refractivity contribution >= 4 is 22.4 Å². The average molecular weight is 436 g/mol. The second kappa shape index (κ2) is 8.97. The van der Waals surface area contributed by atoms with Crippen LogP contribution in [-0.4, -0.2) is 27.3 Å². The normalized spacial score (nSPS) is 10.8. The van der Waals surface area contributed by atoms with Crippen LogP contribution < -0.4 is 15.6 Å². The van der Waals surface area contributed by atoms with Crippen molar-refractivity contribution in [1.29, 1.82) is 0 Å². The quantitative estimate of drug-likeness (QED) is 0.472. The van der Waals surface area contributed by atoms with Gasteiger partial charge in [-0.2, -0.15) is 5.10 Å². The van der Waals surface area contributed by atoms with E-state index in [2.05, 4.69) is 15.4 Å². The minimum Gasteiger partial charge on any atom is -0.492 e. The van der Waals surface area contributed by atoms with Crippen LogP contribution in [0.4, 0.5) is 5.13 Å². The number of furan rings is 1. The van der Waals surface area contributed by atoms with Crippen molar-refractivity contribution in [3.05, 3.63) is 81.5 Å². The largest absolute Gasteiger partial charge is 0.492 e. The predicted octanol–water partition coefficient (Wildman–Crippen LogP) is 3.91. The maximum absolute atomic E-state index is 12.6. The number of aryl methyl sites for hydroxylation is 2. The van der Waals surface area contributed by atoms with E-state index in [1.807, 2.05) is 55.6 Å². The van der Waals surface area contributed by atoms with Gasteiger partial charge in [-0.05, 0) is 38.1 Å². The van der Waals surface area contributed by atoms with Gasteiger partial charge in [0.2, 0.25) is 0 Å². The van der Waals surface area contributed by atoms with E-state index in [-0.39, 0.29) is 24.4 Å². The third kappa shape index (κ3) is 4.89. The fourth-order valence-corrected chi connectivity index (χ4v) is 3.70. The predicted molar refractivity (Wildman–Crippen MR) is 118 cm³/mol. The van der Waals surface area contributed by atoms with E-state index < -0.39 is 5.91 Å². The smallest absolute Gasteiger partial charge is 0.277 e. The number of rotatable bonds is 7. The van der Waals surface area contributed by atoms with E-state index in [4.69, 9.17) is 9.15 Å². The van der Waals surface area contributed by atoms with Gasteiger partial charge in [-0.15, -0.1) is 11.3 Å². The number of hydrogen-bond acceptors (Lipinski definition) is 7. The summed E-state index contributed by atoms with van der Waals surface area (Å²) in [7, 11) is 0. The van der Waals surface area contributed by atoms with Crippen molar-refractivity contribution in [2.75, 3.05) is 11.9 Å². The molecule has 0 aliphatic rings. The van der Waals surface area contributed by atoms with E-state index in [9.17, 15) is 9.59 Å². The van der Waals surface area contributed by atoms with Gasteiger partial charge < -0.3 is 9.15 Å². The standard InChI is InChI=1S/C22H20N4O4S/c1-14-12-17(15(2)30-14)19-13-31-22(23-19)24-21(28)18-8-9-20(27)26(25-18)10-11-29-16-6-4-3-5-7-16/h3-9,12-13H,10-11H2,1-2H3,(H,23,24,28). The van der Waals surface area contributed by atoms with Crippen LogP contribution in [-0.2, 0) is 6.54 Å². The number of carbonyl (C=O) groups is 1. The van der Waals surface area contributed by atoms with Crippen LogP contribution in [0.2, 0.25) is 0 Å². The molecule has 0 aliphatic carbocycles. The number of nitrogens with one attached hydrogen (secondary N) is 1. The van der Waals surface area contributed by atoms with Crippen LogP contribution in [0.5, 0.6) is 5.75 Å². The molecule has 3 heterocycles. The molecular formula is C22H20N4O4S. The summed E-state index contributed by atoms with van der Waals surface area (Å²) in [6.45, 7) is 4.21. The van der Waals surface area contributed by atoms with Gasteiger partial charge in [0.1, 0.15) is 29.6 Å². The lowest BCUT2D eigenvalue weighted by molar-refractivity contribution is 0.101. The first-order valence-electron chi connectivity index (χ1n) is 9.60. The number of benzene rings is 1. The van der Waals surface area contributed by atoms with Gasteiger partial charge in [0.15, 0.2) is 5.13 Å². The molecule has 4 aromatic rings. The summed E-state index contributed by atoms with van der Waals surface area (Å²) in [5.74, 6) is 1.83. The van der Waals surface area contributed by atoms with Gasteiger partial charge in [-0.3, -0.25) is 14.9 Å². The molecule has 1 N–H and O–H groups in total. The highest BCUT2D eigenvalue weighted by Gasteiger charge is 2.15. The molecule has 8 nitrogen and oxygen atoms in total. The average Bonchev–Trinajstić information content (AvgIpc) is 3.35. The van der Waals surface area contributed by atoms with Crippen molar-refractivity contribution in [2.24, 2.45) is 0 Å². The Morgan fingerprint density at radius 3 is 2.74 bits per heavy atom. The van der Waals surface area contributed by atoms with E-state index in [0.29, 0.717) is 10.9 Å². The molecule has 4 rings (SSSR count). The molecule has 0 saturated heterocycles. The topological polar surface area (TPSA) is 99.2 Å². The number of aromatic nitrogens is 3. The van der Waals surface area contributed by atoms with Crippen LogP contribution in [0.3, 0.4) is 0 Å². The number of para-hydroxylation sites is 1. The molecule has 1 aromatic carbocycles. The molecule has 0 fully saturated rings. The first kappa shape index (κ1) is 20.5. The highest BCUT2D eigenvalue weighted by Crippen LogP contribution is 2.29. The van der Waals surface area contributed by atoms with Gasteiger partial charge in [-0.25, -0.2) is 9.67 Å². The summed E-state index contributed by atoms with van der Waals surface area (Å²) in [6.07, 6.45) is 0. The lowest BCUT2D eigenvalue weighted by atomic mass is 10.2. The number of carbonyl (C=O) groups excluding carboxylic acids is 1. The van der Waals surface area contributed by atoms with Crippen molar-refractivity contribution in [3.8, 4) is 17.0 Å². The summed E-state index contributed by atoms with van der Waals surface area (Å²) in [5.41, 5.74) is 1.42. The highest BCUT2D eigenvalue weighted by atomic mass is 32.1. The number of anilines is 1. The maximum Gasteiger partial charge on any atom is 0.277 e. The molecular weight excluding hydrogens is 416 g/mol. The molecule has 0 aliphatic heterocycles. The van der Waals surface area contributed by atoms with Crippen molar-refractivity contribution < 1.29 is 13.9 Å². The summed E-state index contributed by atoms with van der Waals surface area (Å²) in [6, 6.07) is 13.9.